The van der Waals surface area contributed by atoms with Crippen LogP contribution in [0, 0.1) is 5.41 Å². The Morgan fingerprint density at radius 1 is 1.50 bits per heavy atom. The first-order valence-electron chi connectivity index (χ1n) is 5.12. The molecule has 0 aliphatic heterocycles. The summed E-state index contributed by atoms with van der Waals surface area (Å²) in [5.74, 6) is 0. The Morgan fingerprint density at radius 3 is 2.64 bits per heavy atom. The number of alkyl carbamates (subject to hydrolysis) is 1. The maximum absolute atomic E-state index is 11.1. The van der Waals surface area contributed by atoms with E-state index in [1.54, 1.807) is 0 Å². The third-order valence-corrected chi connectivity index (χ3v) is 1.99. The lowest BCUT2D eigenvalue weighted by atomic mass is 9.94. The van der Waals surface area contributed by atoms with Crippen molar-refractivity contribution in [3.05, 3.63) is 0 Å². The van der Waals surface area contributed by atoms with Crippen LogP contribution in [-0.2, 0) is 4.74 Å². The summed E-state index contributed by atoms with van der Waals surface area (Å²) < 4.78 is 4.93. The predicted octanol–water partition coefficient (Wildman–Crippen LogP) is 1.50. The average molecular weight is 202 g/mol. The Morgan fingerprint density at radius 2 is 2.14 bits per heavy atom. The van der Waals surface area contributed by atoms with E-state index in [0.717, 1.165) is 12.8 Å². The van der Waals surface area contributed by atoms with E-state index in [2.05, 4.69) is 12.2 Å². The standard InChI is InChI=1S/C10H22N2O2/c1-4-5-6-14-9(13)12-8-10(2,3)7-11/h4-8,11H2,1-3H3,(H,12,13). The molecule has 0 atom stereocenters. The summed E-state index contributed by atoms with van der Waals surface area (Å²) >= 11 is 0. The zero-order valence-electron chi connectivity index (χ0n) is 9.43. The van der Waals surface area contributed by atoms with Crippen molar-refractivity contribution in [2.75, 3.05) is 19.7 Å². The molecule has 0 bridgehead atoms. The summed E-state index contributed by atoms with van der Waals surface area (Å²) in [6.45, 7) is 7.64. The van der Waals surface area contributed by atoms with Crippen LogP contribution in [0.15, 0.2) is 0 Å². The molecule has 0 aromatic carbocycles. The first-order valence-corrected chi connectivity index (χ1v) is 5.12. The molecule has 0 saturated carbocycles. The van der Waals surface area contributed by atoms with Gasteiger partial charge in [-0.05, 0) is 18.4 Å². The van der Waals surface area contributed by atoms with E-state index in [1.165, 1.54) is 0 Å². The van der Waals surface area contributed by atoms with Gasteiger partial charge >= 0.3 is 6.09 Å². The highest BCUT2D eigenvalue weighted by Crippen LogP contribution is 2.09. The van der Waals surface area contributed by atoms with E-state index in [-0.39, 0.29) is 11.5 Å². The fourth-order valence-electron chi connectivity index (χ4n) is 0.744. The molecule has 4 nitrogen and oxygen atoms in total. The Labute approximate surface area is 86.2 Å². The van der Waals surface area contributed by atoms with Crippen molar-refractivity contribution in [1.82, 2.24) is 5.32 Å². The van der Waals surface area contributed by atoms with Crippen LogP contribution in [0.5, 0.6) is 0 Å². The molecule has 3 N–H and O–H groups in total. The maximum atomic E-state index is 11.1. The molecular weight excluding hydrogens is 180 g/mol. The number of nitrogens with two attached hydrogens (primary N) is 1. The second kappa shape index (κ2) is 6.65. The molecule has 0 aromatic rings. The van der Waals surface area contributed by atoms with Crippen molar-refractivity contribution in [3.8, 4) is 0 Å². The smallest absolute Gasteiger partial charge is 0.407 e. The van der Waals surface area contributed by atoms with Gasteiger partial charge in [-0.1, -0.05) is 27.2 Å². The second-order valence-corrected chi connectivity index (χ2v) is 4.21. The molecule has 1 amide bonds. The van der Waals surface area contributed by atoms with Crippen LogP contribution in [-0.4, -0.2) is 25.8 Å². The zero-order valence-corrected chi connectivity index (χ0v) is 9.43. The van der Waals surface area contributed by atoms with Gasteiger partial charge in [0, 0.05) is 6.54 Å². The molecule has 0 heterocycles. The first-order chi connectivity index (χ1) is 6.52. The van der Waals surface area contributed by atoms with Gasteiger partial charge in [0.25, 0.3) is 0 Å². The largest absolute Gasteiger partial charge is 0.450 e. The number of ether oxygens (including phenoxy) is 1. The lowest BCUT2D eigenvalue weighted by Gasteiger charge is -2.22. The predicted molar refractivity (Wildman–Crippen MR) is 57.1 cm³/mol. The number of rotatable bonds is 6. The molecule has 14 heavy (non-hydrogen) atoms. The summed E-state index contributed by atoms with van der Waals surface area (Å²) in [5, 5.41) is 2.69. The zero-order chi connectivity index (χ0) is 11.0. The fraction of sp³-hybridized carbons (Fsp3) is 0.900. The Bertz CT molecular complexity index is 170. The van der Waals surface area contributed by atoms with Crippen molar-refractivity contribution < 1.29 is 9.53 Å². The Kier molecular flexibility index (Phi) is 6.28. The van der Waals surface area contributed by atoms with Crippen LogP contribution in [0.3, 0.4) is 0 Å². The monoisotopic (exact) mass is 202 g/mol. The average Bonchev–Trinajstić information content (AvgIpc) is 2.16. The van der Waals surface area contributed by atoms with E-state index < -0.39 is 0 Å². The van der Waals surface area contributed by atoms with Crippen LogP contribution in [0.25, 0.3) is 0 Å². The highest BCUT2D eigenvalue weighted by atomic mass is 16.5. The highest BCUT2D eigenvalue weighted by molar-refractivity contribution is 5.67. The fourth-order valence-corrected chi connectivity index (χ4v) is 0.744. The molecular formula is C10H22N2O2. The van der Waals surface area contributed by atoms with E-state index in [4.69, 9.17) is 10.5 Å². The van der Waals surface area contributed by atoms with Crippen LogP contribution < -0.4 is 11.1 Å². The van der Waals surface area contributed by atoms with Gasteiger partial charge in [0.15, 0.2) is 0 Å². The molecule has 0 rings (SSSR count). The Hall–Kier alpha value is -0.770. The minimum absolute atomic E-state index is 0.0657. The maximum Gasteiger partial charge on any atom is 0.407 e. The van der Waals surface area contributed by atoms with E-state index in [1.807, 2.05) is 13.8 Å². The SMILES string of the molecule is CCCCOC(=O)NCC(C)(C)CN. The molecule has 0 aliphatic carbocycles. The van der Waals surface area contributed by atoms with Crippen molar-refractivity contribution in [2.45, 2.75) is 33.6 Å². The number of hydrogen-bond donors (Lipinski definition) is 2. The number of unbranched alkanes of at least 4 members (excludes halogenated alkanes) is 1. The molecule has 0 saturated heterocycles. The minimum atomic E-state index is -0.347. The summed E-state index contributed by atoms with van der Waals surface area (Å²) in [5.41, 5.74) is 5.46. The normalized spacial score (nSPS) is 11.1. The summed E-state index contributed by atoms with van der Waals surface area (Å²) in [7, 11) is 0. The first kappa shape index (κ1) is 13.2. The topological polar surface area (TPSA) is 64.3 Å². The summed E-state index contributed by atoms with van der Waals surface area (Å²) in [6, 6.07) is 0. The summed E-state index contributed by atoms with van der Waals surface area (Å²) in [6.07, 6.45) is 1.59. The second-order valence-electron chi connectivity index (χ2n) is 4.21. The van der Waals surface area contributed by atoms with Crippen LogP contribution >= 0.6 is 0 Å². The van der Waals surface area contributed by atoms with Crippen molar-refractivity contribution in [1.29, 1.82) is 0 Å². The van der Waals surface area contributed by atoms with Crippen molar-refractivity contribution >= 4 is 6.09 Å². The molecule has 0 aliphatic rings. The Balaban J connectivity index is 3.53. The van der Waals surface area contributed by atoms with E-state index >= 15 is 0 Å². The summed E-state index contributed by atoms with van der Waals surface area (Å²) in [4.78, 5) is 11.1. The highest BCUT2D eigenvalue weighted by Gasteiger charge is 2.16. The molecule has 0 aromatic heterocycles. The van der Waals surface area contributed by atoms with Gasteiger partial charge in [0.2, 0.25) is 0 Å². The van der Waals surface area contributed by atoms with Gasteiger partial charge in [-0.3, -0.25) is 0 Å². The molecule has 84 valence electrons. The van der Waals surface area contributed by atoms with Crippen molar-refractivity contribution in [3.63, 3.8) is 0 Å². The van der Waals surface area contributed by atoms with Gasteiger partial charge in [0.1, 0.15) is 0 Å². The number of carbonyl (C=O) groups is 1. The van der Waals surface area contributed by atoms with Gasteiger partial charge in [-0.25, -0.2) is 4.79 Å². The van der Waals surface area contributed by atoms with Gasteiger partial charge in [-0.2, -0.15) is 0 Å². The van der Waals surface area contributed by atoms with Crippen molar-refractivity contribution in [2.24, 2.45) is 11.1 Å². The number of amides is 1. The van der Waals surface area contributed by atoms with Gasteiger partial charge in [0.05, 0.1) is 6.61 Å². The minimum Gasteiger partial charge on any atom is -0.450 e. The van der Waals surface area contributed by atoms with Crippen LogP contribution in [0.2, 0.25) is 0 Å². The lowest BCUT2D eigenvalue weighted by molar-refractivity contribution is 0.140. The van der Waals surface area contributed by atoms with Gasteiger partial charge in [-0.15, -0.1) is 0 Å². The number of hydrogen-bond acceptors (Lipinski definition) is 3. The number of nitrogens with one attached hydrogen (secondary N) is 1. The van der Waals surface area contributed by atoms with Crippen LogP contribution in [0.1, 0.15) is 33.6 Å². The number of carbonyl (C=O) groups excluding carboxylic acids is 1. The molecule has 4 heteroatoms. The third-order valence-electron chi connectivity index (χ3n) is 1.99. The van der Waals surface area contributed by atoms with E-state index in [0.29, 0.717) is 19.7 Å². The quantitative estimate of drug-likeness (QED) is 0.641. The molecule has 0 radical (unpaired) electrons. The van der Waals surface area contributed by atoms with Gasteiger partial charge < -0.3 is 15.8 Å². The molecule has 0 spiro atoms. The molecule has 0 unspecified atom stereocenters. The molecule has 0 fully saturated rings. The van der Waals surface area contributed by atoms with E-state index in [9.17, 15) is 4.79 Å². The van der Waals surface area contributed by atoms with Crippen LogP contribution in [0.4, 0.5) is 4.79 Å². The third kappa shape index (κ3) is 6.71. The lowest BCUT2D eigenvalue weighted by Crippen LogP contribution is -2.38.